The molecule has 0 saturated carbocycles. The van der Waals surface area contributed by atoms with Crippen molar-refractivity contribution in [3.05, 3.63) is 0 Å². The molecule has 0 aromatic rings. The summed E-state index contributed by atoms with van der Waals surface area (Å²) in [5.41, 5.74) is 0. The fourth-order valence-corrected chi connectivity index (χ4v) is 4.32. The van der Waals surface area contributed by atoms with Crippen molar-refractivity contribution in [1.82, 2.24) is 9.62 Å². The molecule has 2 heterocycles. The van der Waals surface area contributed by atoms with Crippen molar-refractivity contribution >= 4 is 10.0 Å². The van der Waals surface area contributed by atoms with Gasteiger partial charge in [0.05, 0.1) is 5.75 Å². The third kappa shape index (κ3) is 2.52. The zero-order valence-corrected chi connectivity index (χ0v) is 10.1. The van der Waals surface area contributed by atoms with Crippen LogP contribution >= 0.6 is 0 Å². The zero-order chi connectivity index (χ0) is 10.9. The lowest BCUT2D eigenvalue weighted by atomic mass is 9.87. The quantitative estimate of drug-likeness (QED) is 0.760. The average molecular weight is 232 g/mol. The minimum Gasteiger partial charge on any atom is -0.316 e. The van der Waals surface area contributed by atoms with E-state index in [9.17, 15) is 8.42 Å². The Morgan fingerprint density at radius 1 is 1.27 bits per heavy atom. The monoisotopic (exact) mass is 232 g/mol. The fraction of sp³-hybridized carbons (Fsp3) is 1.00. The smallest absolute Gasteiger partial charge is 0.214 e. The van der Waals surface area contributed by atoms with E-state index < -0.39 is 10.0 Å². The van der Waals surface area contributed by atoms with Crippen molar-refractivity contribution in [3.63, 3.8) is 0 Å². The molecule has 0 aliphatic carbocycles. The molecule has 2 atom stereocenters. The lowest BCUT2D eigenvalue weighted by Gasteiger charge is -2.40. The van der Waals surface area contributed by atoms with Crippen LogP contribution in [0, 0.1) is 11.8 Å². The maximum atomic E-state index is 11.9. The van der Waals surface area contributed by atoms with Crippen LogP contribution in [-0.4, -0.2) is 44.7 Å². The van der Waals surface area contributed by atoms with Gasteiger partial charge in [0, 0.05) is 13.1 Å². The number of hydrogen-bond donors (Lipinski definition) is 1. The van der Waals surface area contributed by atoms with Crippen molar-refractivity contribution in [1.29, 1.82) is 0 Å². The van der Waals surface area contributed by atoms with Crippen LogP contribution in [0.1, 0.15) is 19.8 Å². The van der Waals surface area contributed by atoms with Gasteiger partial charge in [0.2, 0.25) is 10.0 Å². The van der Waals surface area contributed by atoms with Gasteiger partial charge in [-0.05, 0) is 37.8 Å². The Kier molecular flexibility index (Phi) is 3.33. The summed E-state index contributed by atoms with van der Waals surface area (Å²) in [6.07, 6.45) is 1.91. The van der Waals surface area contributed by atoms with Gasteiger partial charge in [-0.3, -0.25) is 0 Å². The van der Waals surface area contributed by atoms with Crippen LogP contribution in [0.2, 0.25) is 0 Å². The average Bonchev–Trinajstić information content (AvgIpc) is 2.17. The Hall–Kier alpha value is -0.130. The predicted molar refractivity (Wildman–Crippen MR) is 60.1 cm³/mol. The Morgan fingerprint density at radius 2 is 1.87 bits per heavy atom. The molecule has 0 spiro atoms. The highest BCUT2D eigenvalue weighted by atomic mass is 32.2. The molecule has 4 nitrogen and oxygen atoms in total. The first-order valence-corrected chi connectivity index (χ1v) is 7.41. The number of piperidine rings is 2. The Labute approximate surface area is 92.1 Å². The van der Waals surface area contributed by atoms with Crippen LogP contribution < -0.4 is 5.32 Å². The second-order valence-corrected chi connectivity index (χ2v) is 6.85. The van der Waals surface area contributed by atoms with E-state index in [4.69, 9.17) is 0 Å². The first kappa shape index (κ1) is 11.4. The summed E-state index contributed by atoms with van der Waals surface area (Å²) in [5, 5.41) is 3.37. The van der Waals surface area contributed by atoms with Crippen molar-refractivity contribution in [2.45, 2.75) is 19.8 Å². The molecule has 2 aliphatic heterocycles. The standard InChI is InChI=1S/C10H20N2O2S/c1-2-3-15(13,14)12-7-9-4-10(8-12)6-11-5-9/h9-11H,2-8H2,1H3/t9-,10-/m0/s1. The zero-order valence-electron chi connectivity index (χ0n) is 9.28. The van der Waals surface area contributed by atoms with E-state index in [1.807, 2.05) is 6.92 Å². The molecule has 88 valence electrons. The molecule has 2 saturated heterocycles. The minimum absolute atomic E-state index is 0.305. The summed E-state index contributed by atoms with van der Waals surface area (Å²) >= 11 is 0. The van der Waals surface area contributed by atoms with Gasteiger partial charge in [-0.1, -0.05) is 6.92 Å². The van der Waals surface area contributed by atoms with E-state index in [1.165, 1.54) is 6.42 Å². The van der Waals surface area contributed by atoms with Gasteiger partial charge in [0.1, 0.15) is 0 Å². The van der Waals surface area contributed by atoms with Gasteiger partial charge < -0.3 is 5.32 Å². The molecule has 0 aromatic carbocycles. The Bertz CT molecular complexity index is 303. The van der Waals surface area contributed by atoms with Crippen molar-refractivity contribution < 1.29 is 8.42 Å². The first-order chi connectivity index (χ1) is 7.12. The molecule has 0 amide bonds. The molecule has 0 aromatic heterocycles. The topological polar surface area (TPSA) is 49.4 Å². The van der Waals surface area contributed by atoms with E-state index in [-0.39, 0.29) is 0 Å². The highest BCUT2D eigenvalue weighted by Crippen LogP contribution is 2.26. The lowest BCUT2D eigenvalue weighted by molar-refractivity contribution is 0.158. The molecule has 2 aliphatic rings. The number of nitrogens with zero attached hydrogens (tertiary/aromatic N) is 1. The van der Waals surface area contributed by atoms with Crippen LogP contribution in [0.4, 0.5) is 0 Å². The number of rotatable bonds is 3. The van der Waals surface area contributed by atoms with Crippen LogP contribution in [0.25, 0.3) is 0 Å². The summed E-state index contributed by atoms with van der Waals surface area (Å²) in [7, 11) is -2.97. The molecular formula is C10H20N2O2S. The normalized spacial score (nSPS) is 32.9. The van der Waals surface area contributed by atoms with Gasteiger partial charge in [0.15, 0.2) is 0 Å². The first-order valence-electron chi connectivity index (χ1n) is 5.80. The van der Waals surface area contributed by atoms with Crippen LogP contribution in [-0.2, 0) is 10.0 Å². The number of hydrogen-bond acceptors (Lipinski definition) is 3. The van der Waals surface area contributed by atoms with Gasteiger partial charge in [-0.15, -0.1) is 0 Å². The minimum atomic E-state index is -2.97. The maximum absolute atomic E-state index is 11.9. The van der Waals surface area contributed by atoms with Crippen LogP contribution in [0.15, 0.2) is 0 Å². The summed E-state index contributed by atoms with van der Waals surface area (Å²) in [5.74, 6) is 1.37. The Morgan fingerprint density at radius 3 is 2.40 bits per heavy atom. The van der Waals surface area contributed by atoms with Gasteiger partial charge >= 0.3 is 0 Å². The van der Waals surface area contributed by atoms with E-state index in [1.54, 1.807) is 4.31 Å². The number of nitrogens with one attached hydrogen (secondary N) is 1. The van der Waals surface area contributed by atoms with Crippen molar-refractivity contribution in [2.75, 3.05) is 31.9 Å². The van der Waals surface area contributed by atoms with Gasteiger partial charge in [-0.2, -0.15) is 0 Å². The van der Waals surface area contributed by atoms with E-state index in [0.717, 1.165) is 26.2 Å². The molecule has 15 heavy (non-hydrogen) atoms. The highest BCUT2D eigenvalue weighted by molar-refractivity contribution is 7.89. The highest BCUT2D eigenvalue weighted by Gasteiger charge is 2.35. The predicted octanol–water partition coefficient (Wildman–Crippen LogP) is 0.267. The van der Waals surface area contributed by atoms with E-state index in [2.05, 4.69) is 5.32 Å². The molecule has 2 rings (SSSR count). The third-order valence-electron chi connectivity index (χ3n) is 3.31. The number of fused-ring (bicyclic) bond motifs is 2. The van der Waals surface area contributed by atoms with Crippen LogP contribution in [0.5, 0.6) is 0 Å². The second kappa shape index (κ2) is 4.39. The largest absolute Gasteiger partial charge is 0.316 e. The van der Waals surface area contributed by atoms with E-state index in [0.29, 0.717) is 24.0 Å². The van der Waals surface area contributed by atoms with Crippen molar-refractivity contribution in [2.24, 2.45) is 11.8 Å². The maximum Gasteiger partial charge on any atom is 0.214 e. The molecule has 2 bridgehead atoms. The second-order valence-electron chi connectivity index (χ2n) is 4.76. The summed E-state index contributed by atoms with van der Waals surface area (Å²) in [6.45, 7) is 5.34. The van der Waals surface area contributed by atoms with Gasteiger partial charge in [0.25, 0.3) is 0 Å². The fourth-order valence-electron chi connectivity index (χ4n) is 2.67. The SMILES string of the molecule is CCCS(=O)(=O)N1C[C@@H]2CNC[C@H](C2)C1. The number of sulfonamides is 1. The van der Waals surface area contributed by atoms with Crippen LogP contribution in [0.3, 0.4) is 0 Å². The third-order valence-corrected chi connectivity index (χ3v) is 5.32. The summed E-state index contributed by atoms with van der Waals surface area (Å²) < 4.78 is 25.6. The molecule has 5 heteroatoms. The molecular weight excluding hydrogens is 212 g/mol. The summed E-state index contributed by atoms with van der Waals surface area (Å²) in [6, 6.07) is 0. The Balaban J connectivity index is 2.05. The molecule has 1 N–H and O–H groups in total. The molecule has 0 radical (unpaired) electrons. The van der Waals surface area contributed by atoms with E-state index >= 15 is 0 Å². The van der Waals surface area contributed by atoms with Gasteiger partial charge in [-0.25, -0.2) is 12.7 Å². The lowest BCUT2D eigenvalue weighted by Crippen LogP contribution is -2.53. The molecule has 2 fully saturated rings. The molecule has 0 unspecified atom stereocenters. The van der Waals surface area contributed by atoms with Crippen molar-refractivity contribution in [3.8, 4) is 0 Å². The summed E-state index contributed by atoms with van der Waals surface area (Å²) in [4.78, 5) is 0.